The summed E-state index contributed by atoms with van der Waals surface area (Å²) in [6.45, 7) is 0. The Bertz CT molecular complexity index is 281. The van der Waals surface area contributed by atoms with Crippen LogP contribution in [0.3, 0.4) is 0 Å². The number of rotatable bonds is 2. The summed E-state index contributed by atoms with van der Waals surface area (Å²) in [6, 6.07) is 0. The largest absolute Gasteiger partial charge is 0.286 e. The molecule has 0 aromatic carbocycles. The van der Waals surface area contributed by atoms with Crippen molar-refractivity contribution >= 4 is 29.3 Å². The van der Waals surface area contributed by atoms with Gasteiger partial charge in [-0.1, -0.05) is 12.2 Å². The van der Waals surface area contributed by atoms with Crippen molar-refractivity contribution in [2.24, 2.45) is 7.05 Å². The van der Waals surface area contributed by atoms with Crippen LogP contribution in [-0.2, 0) is 11.8 Å². The van der Waals surface area contributed by atoms with Crippen molar-refractivity contribution < 1.29 is 9.36 Å². The van der Waals surface area contributed by atoms with E-state index in [1.807, 2.05) is 7.05 Å². The SMILES string of the molecule is C[n+]1c[nH]c(NC(=O)C=S)c1. The normalized spacial score (nSPS) is 9.18. The van der Waals surface area contributed by atoms with Crippen molar-refractivity contribution in [3.63, 3.8) is 0 Å². The highest BCUT2D eigenvalue weighted by atomic mass is 32.1. The van der Waals surface area contributed by atoms with E-state index in [0.29, 0.717) is 5.82 Å². The van der Waals surface area contributed by atoms with Gasteiger partial charge >= 0.3 is 0 Å². The Balaban J connectivity index is 2.64. The molecule has 5 heteroatoms. The monoisotopic (exact) mass is 170 g/mol. The Kier molecular flexibility index (Phi) is 2.32. The zero-order chi connectivity index (χ0) is 8.27. The number of anilines is 1. The van der Waals surface area contributed by atoms with Gasteiger partial charge in [0.25, 0.3) is 5.91 Å². The van der Waals surface area contributed by atoms with Gasteiger partial charge in [-0.3, -0.25) is 10.1 Å². The van der Waals surface area contributed by atoms with Crippen LogP contribution >= 0.6 is 12.2 Å². The molecule has 0 bridgehead atoms. The maximum Gasteiger partial charge on any atom is 0.261 e. The molecule has 1 amide bonds. The molecular formula is C6H8N3OS+. The number of hydrogen-bond acceptors (Lipinski definition) is 2. The van der Waals surface area contributed by atoms with Gasteiger partial charge < -0.3 is 0 Å². The lowest BCUT2D eigenvalue weighted by Gasteiger charge is -1.88. The van der Waals surface area contributed by atoms with E-state index in [1.54, 1.807) is 17.1 Å². The van der Waals surface area contributed by atoms with Crippen LogP contribution in [0.4, 0.5) is 5.82 Å². The maximum absolute atomic E-state index is 10.7. The molecule has 1 aromatic heterocycles. The summed E-state index contributed by atoms with van der Waals surface area (Å²) in [4.78, 5) is 13.5. The third-order valence-electron chi connectivity index (χ3n) is 1.12. The number of aryl methyl sites for hydroxylation is 1. The lowest BCUT2D eigenvalue weighted by molar-refractivity contribution is -0.669. The fourth-order valence-electron chi connectivity index (χ4n) is 0.680. The highest BCUT2D eigenvalue weighted by molar-refractivity contribution is 7.80. The van der Waals surface area contributed by atoms with Gasteiger partial charge in [0.05, 0.1) is 12.4 Å². The van der Waals surface area contributed by atoms with E-state index in [0.717, 1.165) is 5.37 Å². The molecule has 0 spiro atoms. The number of nitrogens with zero attached hydrogens (tertiary/aromatic N) is 1. The summed E-state index contributed by atoms with van der Waals surface area (Å²) in [6.07, 6.45) is 3.47. The number of H-pyrrole nitrogens is 1. The molecule has 0 saturated carbocycles. The molecule has 58 valence electrons. The van der Waals surface area contributed by atoms with Crippen molar-refractivity contribution in [3.05, 3.63) is 12.5 Å². The third kappa shape index (κ3) is 2.12. The van der Waals surface area contributed by atoms with Crippen LogP contribution in [0.5, 0.6) is 0 Å². The molecule has 4 nitrogen and oxygen atoms in total. The highest BCUT2D eigenvalue weighted by Gasteiger charge is 2.03. The van der Waals surface area contributed by atoms with Crippen LogP contribution in [0, 0.1) is 0 Å². The predicted molar refractivity (Wildman–Crippen MR) is 44.3 cm³/mol. The minimum absolute atomic E-state index is 0.289. The van der Waals surface area contributed by atoms with Crippen molar-refractivity contribution in [3.8, 4) is 0 Å². The van der Waals surface area contributed by atoms with E-state index < -0.39 is 0 Å². The number of carbonyl (C=O) groups excluding carboxylic acids is 1. The van der Waals surface area contributed by atoms with Crippen molar-refractivity contribution in [2.45, 2.75) is 0 Å². The Morgan fingerprint density at radius 2 is 2.64 bits per heavy atom. The topological polar surface area (TPSA) is 48.8 Å². The van der Waals surface area contributed by atoms with Crippen molar-refractivity contribution in [2.75, 3.05) is 5.32 Å². The summed E-state index contributed by atoms with van der Waals surface area (Å²) in [7, 11) is 1.85. The number of hydrogen-bond donors (Lipinski definition) is 2. The van der Waals surface area contributed by atoms with Crippen LogP contribution in [0.2, 0.25) is 0 Å². The molecule has 0 aliphatic rings. The van der Waals surface area contributed by atoms with E-state index in [9.17, 15) is 4.79 Å². The fourth-order valence-corrected chi connectivity index (χ4v) is 0.739. The van der Waals surface area contributed by atoms with Gasteiger partial charge in [0, 0.05) is 0 Å². The van der Waals surface area contributed by atoms with Crippen LogP contribution in [0.15, 0.2) is 12.5 Å². The van der Waals surface area contributed by atoms with Gasteiger partial charge in [-0.2, -0.15) is 0 Å². The summed E-state index contributed by atoms with van der Waals surface area (Å²) < 4.78 is 1.79. The summed E-state index contributed by atoms with van der Waals surface area (Å²) in [5.74, 6) is 0.348. The second-order valence-corrected chi connectivity index (χ2v) is 2.32. The molecule has 0 fully saturated rings. The van der Waals surface area contributed by atoms with E-state index in [2.05, 4.69) is 22.5 Å². The fraction of sp³-hybridized carbons (Fsp3) is 0.167. The standard InChI is InChI=1S/C6H7N3OS/c1-9-2-5(7-4-9)8-6(10)3-11/h2-4H,1H3,(H,8,10)/p+1. The molecule has 0 aliphatic carbocycles. The minimum Gasteiger partial charge on any atom is -0.286 e. The van der Waals surface area contributed by atoms with E-state index in [-0.39, 0.29) is 5.91 Å². The average molecular weight is 170 g/mol. The molecule has 0 aliphatic heterocycles. The Morgan fingerprint density at radius 1 is 1.91 bits per heavy atom. The lowest BCUT2D eigenvalue weighted by Crippen LogP contribution is -2.23. The number of aromatic amines is 1. The second kappa shape index (κ2) is 3.25. The lowest BCUT2D eigenvalue weighted by atomic mass is 10.6. The molecule has 0 saturated heterocycles. The molecule has 1 rings (SSSR count). The summed E-state index contributed by atoms with van der Waals surface area (Å²) in [5, 5.41) is 3.59. The number of aromatic nitrogens is 2. The molecule has 0 radical (unpaired) electrons. The Labute approximate surface area is 69.2 Å². The zero-order valence-corrected chi connectivity index (χ0v) is 6.81. The minimum atomic E-state index is -0.289. The number of carbonyl (C=O) groups is 1. The predicted octanol–water partition coefficient (Wildman–Crippen LogP) is -0.223. The number of amides is 1. The van der Waals surface area contributed by atoms with Gasteiger partial charge in [-0.25, -0.2) is 9.55 Å². The van der Waals surface area contributed by atoms with Gasteiger partial charge in [0.15, 0.2) is 6.20 Å². The highest BCUT2D eigenvalue weighted by Crippen LogP contribution is 1.94. The number of thiocarbonyl (C=S) groups is 1. The van der Waals surface area contributed by atoms with Crippen molar-refractivity contribution in [1.29, 1.82) is 0 Å². The quantitative estimate of drug-likeness (QED) is 0.476. The maximum atomic E-state index is 10.7. The molecule has 1 aromatic rings. The van der Waals surface area contributed by atoms with Gasteiger partial charge in [0.1, 0.15) is 0 Å². The second-order valence-electron chi connectivity index (χ2n) is 2.09. The first-order chi connectivity index (χ1) is 5.22. The van der Waals surface area contributed by atoms with Crippen LogP contribution in [0.25, 0.3) is 0 Å². The molecular weight excluding hydrogens is 162 g/mol. The average Bonchev–Trinajstić information content (AvgIpc) is 2.35. The molecule has 1 heterocycles. The number of nitrogens with one attached hydrogen (secondary N) is 2. The van der Waals surface area contributed by atoms with Crippen LogP contribution < -0.4 is 9.88 Å². The first-order valence-corrected chi connectivity index (χ1v) is 3.49. The van der Waals surface area contributed by atoms with E-state index >= 15 is 0 Å². The van der Waals surface area contributed by atoms with Gasteiger partial charge in [0.2, 0.25) is 12.1 Å². The summed E-state index contributed by atoms with van der Waals surface area (Å²) in [5.41, 5.74) is 0. The molecule has 0 atom stereocenters. The smallest absolute Gasteiger partial charge is 0.261 e. The third-order valence-corrected chi connectivity index (χ3v) is 1.34. The first kappa shape index (κ1) is 7.87. The van der Waals surface area contributed by atoms with Crippen molar-refractivity contribution in [1.82, 2.24) is 4.98 Å². The Morgan fingerprint density at radius 3 is 3.09 bits per heavy atom. The van der Waals surface area contributed by atoms with E-state index in [4.69, 9.17) is 0 Å². The summed E-state index contributed by atoms with van der Waals surface area (Å²) >= 11 is 4.42. The number of imidazole rings is 1. The molecule has 2 N–H and O–H groups in total. The molecule has 0 unspecified atom stereocenters. The van der Waals surface area contributed by atoms with Crippen LogP contribution in [0.1, 0.15) is 0 Å². The van der Waals surface area contributed by atoms with E-state index in [1.165, 1.54) is 0 Å². The first-order valence-electron chi connectivity index (χ1n) is 3.02. The zero-order valence-electron chi connectivity index (χ0n) is 6.00. The molecule has 11 heavy (non-hydrogen) atoms. The Hall–Kier alpha value is -1.23. The van der Waals surface area contributed by atoms with Gasteiger partial charge in [-0.15, -0.1) is 0 Å². The van der Waals surface area contributed by atoms with Gasteiger partial charge in [-0.05, 0) is 0 Å². The van der Waals surface area contributed by atoms with Crippen LogP contribution in [-0.4, -0.2) is 16.3 Å².